The van der Waals surface area contributed by atoms with Gasteiger partial charge >= 0.3 is 0 Å². The third-order valence-corrected chi connectivity index (χ3v) is 5.60. The average Bonchev–Trinajstić information content (AvgIpc) is 2.95. The van der Waals surface area contributed by atoms with Gasteiger partial charge in [-0.25, -0.2) is 0 Å². The molecule has 0 spiro atoms. The normalized spacial score (nSPS) is 19.1. The summed E-state index contributed by atoms with van der Waals surface area (Å²) in [5, 5.41) is 0. The lowest BCUT2D eigenvalue weighted by Crippen LogP contribution is -2.42. The number of carbonyl (C=O) groups excluding carboxylic acids is 2. The Hall–Kier alpha value is -1.90. The number of morpholine rings is 1. The molecule has 0 N–H and O–H groups in total. The maximum Gasteiger partial charge on any atom is 0.266 e. The summed E-state index contributed by atoms with van der Waals surface area (Å²) in [6.45, 7) is 5.04. The van der Waals surface area contributed by atoms with Crippen molar-refractivity contribution in [2.24, 2.45) is 0 Å². The maximum absolute atomic E-state index is 12.4. The highest BCUT2D eigenvalue weighted by atomic mass is 32.2. The first-order chi connectivity index (χ1) is 13.1. The molecule has 3 rings (SSSR count). The molecule has 8 heteroatoms. The Bertz CT molecular complexity index is 743. The SMILES string of the molecule is CCCN1C(=O)/C(=C/c2ccc(OCC(=O)N3CCOCC3)cc2)SC1=S. The minimum atomic E-state index is -0.0398. The monoisotopic (exact) mass is 406 g/mol. The van der Waals surface area contributed by atoms with E-state index >= 15 is 0 Å². The summed E-state index contributed by atoms with van der Waals surface area (Å²) in [5.41, 5.74) is 0.888. The molecule has 27 heavy (non-hydrogen) atoms. The Kier molecular flexibility index (Phi) is 6.87. The molecule has 1 aromatic carbocycles. The molecule has 144 valence electrons. The Morgan fingerprint density at radius 2 is 2.00 bits per heavy atom. The van der Waals surface area contributed by atoms with Crippen molar-refractivity contribution >= 4 is 46.2 Å². The lowest BCUT2D eigenvalue weighted by atomic mass is 10.2. The van der Waals surface area contributed by atoms with Gasteiger partial charge in [-0.1, -0.05) is 43.0 Å². The van der Waals surface area contributed by atoms with Gasteiger partial charge in [-0.05, 0) is 30.2 Å². The highest BCUT2D eigenvalue weighted by Crippen LogP contribution is 2.32. The molecule has 0 unspecified atom stereocenters. The van der Waals surface area contributed by atoms with Crippen LogP contribution in [0.5, 0.6) is 5.75 Å². The fraction of sp³-hybridized carbons (Fsp3) is 0.421. The molecule has 2 amide bonds. The smallest absolute Gasteiger partial charge is 0.266 e. The lowest BCUT2D eigenvalue weighted by molar-refractivity contribution is -0.137. The van der Waals surface area contributed by atoms with Gasteiger partial charge in [0.2, 0.25) is 0 Å². The summed E-state index contributed by atoms with van der Waals surface area (Å²) in [4.78, 5) is 28.5. The van der Waals surface area contributed by atoms with Crippen LogP contribution in [0.15, 0.2) is 29.2 Å². The number of hydrogen-bond acceptors (Lipinski definition) is 6. The van der Waals surface area contributed by atoms with E-state index in [-0.39, 0.29) is 18.4 Å². The van der Waals surface area contributed by atoms with Crippen molar-refractivity contribution in [3.63, 3.8) is 0 Å². The van der Waals surface area contributed by atoms with E-state index in [4.69, 9.17) is 21.7 Å². The number of ether oxygens (including phenoxy) is 2. The summed E-state index contributed by atoms with van der Waals surface area (Å²) in [6.07, 6.45) is 2.70. The van der Waals surface area contributed by atoms with E-state index in [1.165, 1.54) is 11.8 Å². The zero-order valence-electron chi connectivity index (χ0n) is 15.2. The van der Waals surface area contributed by atoms with Gasteiger partial charge in [0.15, 0.2) is 6.61 Å². The quantitative estimate of drug-likeness (QED) is 0.535. The van der Waals surface area contributed by atoms with E-state index in [0.717, 1.165) is 12.0 Å². The first-order valence-corrected chi connectivity index (χ1v) is 10.1. The van der Waals surface area contributed by atoms with Crippen molar-refractivity contribution in [1.82, 2.24) is 9.80 Å². The number of thioether (sulfide) groups is 1. The standard InChI is InChI=1S/C19H22N2O4S2/c1-2-7-21-18(23)16(27-19(21)26)12-14-3-5-15(6-4-14)25-13-17(22)20-8-10-24-11-9-20/h3-6,12H,2,7-11,13H2,1H3/b16-12-. The number of thiocarbonyl (C=S) groups is 1. The van der Waals surface area contributed by atoms with Crippen molar-refractivity contribution in [3.8, 4) is 5.75 Å². The molecule has 2 aliphatic rings. The minimum absolute atomic E-state index is 0.00895. The first-order valence-electron chi connectivity index (χ1n) is 8.92. The van der Waals surface area contributed by atoms with Crippen LogP contribution in [0, 0.1) is 0 Å². The fourth-order valence-electron chi connectivity index (χ4n) is 2.78. The van der Waals surface area contributed by atoms with Crippen LogP contribution < -0.4 is 4.74 Å². The second-order valence-electron chi connectivity index (χ2n) is 6.18. The van der Waals surface area contributed by atoms with Gasteiger partial charge in [-0.2, -0.15) is 0 Å². The summed E-state index contributed by atoms with van der Waals surface area (Å²) >= 11 is 6.60. The molecule has 6 nitrogen and oxygen atoms in total. The predicted molar refractivity (Wildman–Crippen MR) is 110 cm³/mol. The van der Waals surface area contributed by atoms with Gasteiger partial charge in [0.05, 0.1) is 18.1 Å². The van der Waals surface area contributed by atoms with Gasteiger partial charge in [0.25, 0.3) is 11.8 Å². The van der Waals surface area contributed by atoms with Crippen LogP contribution in [-0.2, 0) is 14.3 Å². The van der Waals surface area contributed by atoms with Crippen molar-refractivity contribution in [1.29, 1.82) is 0 Å². The van der Waals surface area contributed by atoms with Gasteiger partial charge in [-0.3, -0.25) is 14.5 Å². The van der Waals surface area contributed by atoms with Crippen LogP contribution in [0.4, 0.5) is 0 Å². The summed E-state index contributed by atoms with van der Waals surface area (Å²) in [6, 6.07) is 7.32. The highest BCUT2D eigenvalue weighted by Gasteiger charge is 2.31. The largest absolute Gasteiger partial charge is 0.484 e. The van der Waals surface area contributed by atoms with Crippen LogP contribution in [0.2, 0.25) is 0 Å². The number of amides is 2. The molecular formula is C19H22N2O4S2. The lowest BCUT2D eigenvalue weighted by Gasteiger charge is -2.26. The number of hydrogen-bond donors (Lipinski definition) is 0. The second kappa shape index (κ2) is 9.34. The summed E-state index contributed by atoms with van der Waals surface area (Å²) in [5.74, 6) is 0.539. The topological polar surface area (TPSA) is 59.1 Å². The Labute approximate surface area is 168 Å². The van der Waals surface area contributed by atoms with E-state index in [1.807, 2.05) is 25.1 Å². The second-order valence-corrected chi connectivity index (χ2v) is 7.86. The van der Waals surface area contributed by atoms with Crippen LogP contribution >= 0.6 is 24.0 Å². The molecule has 2 saturated heterocycles. The van der Waals surface area contributed by atoms with Crippen molar-refractivity contribution in [3.05, 3.63) is 34.7 Å². The first kappa shape index (κ1) is 19.9. The number of carbonyl (C=O) groups is 2. The molecule has 0 aliphatic carbocycles. The molecule has 0 saturated carbocycles. The Morgan fingerprint density at radius 1 is 1.30 bits per heavy atom. The van der Waals surface area contributed by atoms with Crippen molar-refractivity contribution in [2.45, 2.75) is 13.3 Å². The molecule has 0 bridgehead atoms. The van der Waals surface area contributed by atoms with Crippen LogP contribution in [-0.4, -0.2) is 65.4 Å². The van der Waals surface area contributed by atoms with E-state index in [1.54, 1.807) is 21.9 Å². The molecule has 1 aromatic rings. The van der Waals surface area contributed by atoms with Crippen LogP contribution in [0.3, 0.4) is 0 Å². The minimum Gasteiger partial charge on any atom is -0.484 e. The predicted octanol–water partition coefficient (Wildman–Crippen LogP) is 2.54. The molecule has 2 aliphatic heterocycles. The molecule has 0 atom stereocenters. The Balaban J connectivity index is 1.56. The van der Waals surface area contributed by atoms with E-state index < -0.39 is 0 Å². The zero-order chi connectivity index (χ0) is 19.2. The van der Waals surface area contributed by atoms with Gasteiger partial charge in [-0.15, -0.1) is 0 Å². The fourth-order valence-corrected chi connectivity index (χ4v) is 4.09. The zero-order valence-corrected chi connectivity index (χ0v) is 16.8. The van der Waals surface area contributed by atoms with Crippen LogP contribution in [0.25, 0.3) is 6.08 Å². The molecular weight excluding hydrogens is 384 g/mol. The average molecular weight is 407 g/mol. The number of rotatable bonds is 6. The van der Waals surface area contributed by atoms with Gasteiger partial charge in [0.1, 0.15) is 10.1 Å². The number of nitrogens with zero attached hydrogens (tertiary/aromatic N) is 2. The molecule has 2 heterocycles. The van der Waals surface area contributed by atoms with E-state index in [0.29, 0.717) is 47.8 Å². The van der Waals surface area contributed by atoms with Crippen molar-refractivity contribution < 1.29 is 19.1 Å². The summed E-state index contributed by atoms with van der Waals surface area (Å²) < 4.78 is 11.4. The third kappa shape index (κ3) is 5.09. The van der Waals surface area contributed by atoms with E-state index in [9.17, 15) is 9.59 Å². The van der Waals surface area contributed by atoms with E-state index in [2.05, 4.69) is 0 Å². The summed E-state index contributed by atoms with van der Waals surface area (Å²) in [7, 11) is 0. The van der Waals surface area contributed by atoms with Gasteiger partial charge < -0.3 is 14.4 Å². The van der Waals surface area contributed by atoms with Crippen LogP contribution in [0.1, 0.15) is 18.9 Å². The molecule has 0 aromatic heterocycles. The Morgan fingerprint density at radius 3 is 2.67 bits per heavy atom. The third-order valence-electron chi connectivity index (χ3n) is 4.22. The number of benzene rings is 1. The molecule has 0 radical (unpaired) electrons. The van der Waals surface area contributed by atoms with Gasteiger partial charge in [0, 0.05) is 19.6 Å². The highest BCUT2D eigenvalue weighted by molar-refractivity contribution is 8.26. The maximum atomic E-state index is 12.4. The molecule has 2 fully saturated rings. The van der Waals surface area contributed by atoms with Crippen molar-refractivity contribution in [2.75, 3.05) is 39.5 Å².